The second-order valence-electron chi connectivity index (χ2n) is 4.65. The number of amides is 2. The molecule has 2 N–H and O–H groups in total. The molecule has 6 nitrogen and oxygen atoms in total. The third-order valence-corrected chi connectivity index (χ3v) is 2.87. The minimum atomic E-state index is -0.808. The number of nitrogens with zero attached hydrogens (tertiary/aromatic N) is 2. The summed E-state index contributed by atoms with van der Waals surface area (Å²) in [6.45, 7) is 2.24. The molecule has 0 radical (unpaired) electrons. The van der Waals surface area contributed by atoms with E-state index in [4.69, 9.17) is 0 Å². The summed E-state index contributed by atoms with van der Waals surface area (Å²) in [6, 6.07) is 11.1. The van der Waals surface area contributed by atoms with Gasteiger partial charge in [0.1, 0.15) is 0 Å². The molecule has 0 atom stereocenters. The topological polar surface area (TPSA) is 83.5 Å². The Hall–Kier alpha value is -3.02. The van der Waals surface area contributed by atoms with Gasteiger partial charge >= 0.3 is 11.8 Å². The van der Waals surface area contributed by atoms with Crippen LogP contribution < -0.4 is 10.7 Å². The van der Waals surface area contributed by atoms with Crippen LogP contribution >= 0.6 is 0 Å². The molecule has 0 aliphatic heterocycles. The normalized spacial score (nSPS) is 10.4. The van der Waals surface area contributed by atoms with Crippen molar-refractivity contribution >= 4 is 18.0 Å². The molecule has 0 aliphatic rings. The Morgan fingerprint density at radius 1 is 1.09 bits per heavy atom. The fourth-order valence-corrected chi connectivity index (χ4v) is 1.63. The lowest BCUT2D eigenvalue weighted by Crippen LogP contribution is -2.37. The van der Waals surface area contributed by atoms with Crippen molar-refractivity contribution in [2.75, 3.05) is 0 Å². The lowest BCUT2D eigenvalue weighted by molar-refractivity contribution is -0.139. The fraction of sp³-hybridized carbons (Fsp3) is 0.125. The zero-order valence-electron chi connectivity index (χ0n) is 12.1. The van der Waals surface area contributed by atoms with Crippen molar-refractivity contribution < 1.29 is 9.59 Å². The Morgan fingerprint density at radius 2 is 1.77 bits per heavy atom. The van der Waals surface area contributed by atoms with Crippen LogP contribution in [0.3, 0.4) is 0 Å². The van der Waals surface area contributed by atoms with Gasteiger partial charge in [0.2, 0.25) is 0 Å². The van der Waals surface area contributed by atoms with Crippen LogP contribution in [-0.4, -0.2) is 23.0 Å². The molecule has 6 heteroatoms. The van der Waals surface area contributed by atoms with Crippen LogP contribution in [-0.2, 0) is 16.1 Å². The van der Waals surface area contributed by atoms with Gasteiger partial charge in [0, 0.05) is 18.9 Å². The third-order valence-electron chi connectivity index (χ3n) is 2.87. The predicted octanol–water partition coefficient (Wildman–Crippen LogP) is 1.16. The molecule has 2 aromatic rings. The van der Waals surface area contributed by atoms with Crippen LogP contribution in [0.5, 0.6) is 0 Å². The molecule has 0 spiro atoms. The van der Waals surface area contributed by atoms with Crippen molar-refractivity contribution in [3.05, 3.63) is 65.5 Å². The maximum atomic E-state index is 11.6. The molecule has 1 aromatic heterocycles. The van der Waals surface area contributed by atoms with Gasteiger partial charge in [-0.3, -0.25) is 14.6 Å². The molecule has 0 saturated heterocycles. The van der Waals surface area contributed by atoms with Gasteiger partial charge in [-0.25, -0.2) is 5.43 Å². The highest BCUT2D eigenvalue weighted by atomic mass is 16.2. The second-order valence-corrected chi connectivity index (χ2v) is 4.65. The molecule has 0 saturated carbocycles. The van der Waals surface area contributed by atoms with Crippen molar-refractivity contribution in [2.24, 2.45) is 5.10 Å². The highest BCUT2D eigenvalue weighted by Gasteiger charge is 2.11. The van der Waals surface area contributed by atoms with Crippen LogP contribution in [0.4, 0.5) is 0 Å². The summed E-state index contributed by atoms with van der Waals surface area (Å²) in [7, 11) is 0. The van der Waals surface area contributed by atoms with E-state index in [1.54, 1.807) is 24.5 Å². The number of hydrogen-bond donors (Lipinski definition) is 2. The molecule has 2 amide bonds. The van der Waals surface area contributed by atoms with Crippen molar-refractivity contribution in [1.82, 2.24) is 15.7 Å². The van der Waals surface area contributed by atoms with E-state index in [2.05, 4.69) is 20.8 Å². The number of hydrogen-bond acceptors (Lipinski definition) is 4. The van der Waals surface area contributed by atoms with Gasteiger partial charge < -0.3 is 5.32 Å². The van der Waals surface area contributed by atoms with Gasteiger partial charge in [0.25, 0.3) is 0 Å². The van der Waals surface area contributed by atoms with Crippen LogP contribution in [0, 0.1) is 6.92 Å². The molecular weight excluding hydrogens is 280 g/mol. The van der Waals surface area contributed by atoms with Crippen molar-refractivity contribution in [2.45, 2.75) is 13.5 Å². The SMILES string of the molecule is Cc1ccc(C=NNC(=O)C(=O)NCc2ccncc2)cc1. The second kappa shape index (κ2) is 7.68. The predicted molar refractivity (Wildman–Crippen MR) is 83.0 cm³/mol. The number of carbonyl (C=O) groups excluding carboxylic acids is 2. The summed E-state index contributed by atoms with van der Waals surface area (Å²) in [5.41, 5.74) is 5.02. The number of pyridine rings is 1. The molecule has 22 heavy (non-hydrogen) atoms. The monoisotopic (exact) mass is 296 g/mol. The first-order valence-corrected chi connectivity index (χ1v) is 6.72. The van der Waals surface area contributed by atoms with E-state index < -0.39 is 11.8 Å². The lowest BCUT2D eigenvalue weighted by Gasteiger charge is -2.03. The molecular formula is C16H16N4O2. The van der Waals surface area contributed by atoms with Gasteiger partial charge in [-0.1, -0.05) is 29.8 Å². The van der Waals surface area contributed by atoms with Crippen LogP contribution in [0.25, 0.3) is 0 Å². The van der Waals surface area contributed by atoms with Crippen LogP contribution in [0.2, 0.25) is 0 Å². The number of nitrogens with one attached hydrogen (secondary N) is 2. The average Bonchev–Trinajstić information content (AvgIpc) is 2.55. The number of hydrazone groups is 1. The Bertz CT molecular complexity index is 666. The average molecular weight is 296 g/mol. The van der Waals surface area contributed by atoms with E-state index in [0.29, 0.717) is 0 Å². The summed E-state index contributed by atoms with van der Waals surface area (Å²) >= 11 is 0. The van der Waals surface area contributed by atoms with Gasteiger partial charge in [0.05, 0.1) is 6.21 Å². The zero-order valence-corrected chi connectivity index (χ0v) is 12.1. The standard InChI is InChI=1S/C16H16N4O2/c1-12-2-4-13(5-3-12)11-19-20-16(22)15(21)18-10-14-6-8-17-9-7-14/h2-9,11H,10H2,1H3,(H,18,21)(H,20,22). The Morgan fingerprint density at radius 3 is 2.45 bits per heavy atom. The Labute approximate surface area is 128 Å². The Balaban J connectivity index is 1.79. The minimum Gasteiger partial charge on any atom is -0.344 e. The largest absolute Gasteiger partial charge is 0.344 e. The molecule has 0 aliphatic carbocycles. The van der Waals surface area contributed by atoms with Crippen molar-refractivity contribution in [3.63, 3.8) is 0 Å². The van der Waals surface area contributed by atoms with Crippen molar-refractivity contribution in [3.8, 4) is 0 Å². The minimum absolute atomic E-state index is 0.260. The van der Waals surface area contributed by atoms with Gasteiger partial charge in [-0.15, -0.1) is 0 Å². The summed E-state index contributed by atoms with van der Waals surface area (Å²) in [5, 5.41) is 6.25. The number of aromatic nitrogens is 1. The highest BCUT2D eigenvalue weighted by Crippen LogP contribution is 1.99. The molecule has 0 bridgehead atoms. The number of benzene rings is 1. The van der Waals surface area contributed by atoms with Gasteiger partial charge in [0.15, 0.2) is 0 Å². The van der Waals surface area contributed by atoms with E-state index in [0.717, 1.165) is 16.7 Å². The fourth-order valence-electron chi connectivity index (χ4n) is 1.63. The van der Waals surface area contributed by atoms with Crippen molar-refractivity contribution in [1.29, 1.82) is 0 Å². The number of aryl methyl sites for hydroxylation is 1. The first-order chi connectivity index (χ1) is 10.6. The van der Waals surface area contributed by atoms with Crippen LogP contribution in [0.1, 0.15) is 16.7 Å². The Kier molecular flexibility index (Phi) is 5.37. The first kappa shape index (κ1) is 15.4. The first-order valence-electron chi connectivity index (χ1n) is 6.72. The van der Waals surface area contributed by atoms with E-state index in [1.807, 2.05) is 31.2 Å². The summed E-state index contributed by atoms with van der Waals surface area (Å²) in [6.07, 6.45) is 4.72. The van der Waals surface area contributed by atoms with Gasteiger partial charge in [-0.2, -0.15) is 5.10 Å². The molecule has 1 aromatic carbocycles. The highest BCUT2D eigenvalue weighted by molar-refractivity contribution is 6.35. The summed E-state index contributed by atoms with van der Waals surface area (Å²) in [4.78, 5) is 27.0. The number of rotatable bonds is 4. The van der Waals surface area contributed by atoms with Crippen LogP contribution in [0.15, 0.2) is 53.9 Å². The quantitative estimate of drug-likeness (QED) is 0.504. The molecule has 112 valence electrons. The summed E-state index contributed by atoms with van der Waals surface area (Å²) < 4.78 is 0. The van der Waals surface area contributed by atoms with E-state index in [1.165, 1.54) is 6.21 Å². The van der Waals surface area contributed by atoms with E-state index >= 15 is 0 Å². The number of carbonyl (C=O) groups is 2. The zero-order chi connectivity index (χ0) is 15.8. The summed E-state index contributed by atoms with van der Waals surface area (Å²) in [5.74, 6) is -1.55. The molecule has 0 unspecified atom stereocenters. The van der Waals surface area contributed by atoms with E-state index in [9.17, 15) is 9.59 Å². The third kappa shape index (κ3) is 4.82. The van der Waals surface area contributed by atoms with Gasteiger partial charge in [-0.05, 0) is 30.2 Å². The maximum Gasteiger partial charge on any atom is 0.329 e. The molecule has 1 heterocycles. The molecule has 0 fully saturated rings. The molecule has 2 rings (SSSR count). The lowest BCUT2D eigenvalue weighted by atomic mass is 10.2. The smallest absolute Gasteiger partial charge is 0.329 e. The maximum absolute atomic E-state index is 11.6. The van der Waals surface area contributed by atoms with E-state index in [-0.39, 0.29) is 6.54 Å².